The molecule has 2 aliphatic rings. The number of anilines is 1. The smallest absolute Gasteiger partial charge is 0.229 e. The van der Waals surface area contributed by atoms with E-state index in [4.69, 9.17) is 4.74 Å². The summed E-state index contributed by atoms with van der Waals surface area (Å²) >= 11 is 1.77. The Morgan fingerprint density at radius 2 is 1.85 bits per heavy atom. The Hall–Kier alpha value is -2.47. The second-order valence-corrected chi connectivity index (χ2v) is 7.96. The number of methoxy groups -OCH3 is 1. The van der Waals surface area contributed by atoms with Crippen molar-refractivity contribution >= 4 is 29.3 Å². The van der Waals surface area contributed by atoms with Crippen molar-refractivity contribution in [3.05, 3.63) is 60.2 Å². The van der Waals surface area contributed by atoms with Crippen LogP contribution in [0.15, 0.2) is 54.6 Å². The van der Waals surface area contributed by atoms with Crippen LogP contribution in [0.3, 0.4) is 0 Å². The summed E-state index contributed by atoms with van der Waals surface area (Å²) < 4.78 is 5.22. The molecule has 6 heteroatoms. The quantitative estimate of drug-likeness (QED) is 0.814. The van der Waals surface area contributed by atoms with E-state index in [2.05, 4.69) is 0 Å². The van der Waals surface area contributed by atoms with Crippen molar-refractivity contribution < 1.29 is 14.3 Å². The first-order valence-corrected chi connectivity index (χ1v) is 10.1. The monoisotopic (exact) mass is 382 g/mol. The van der Waals surface area contributed by atoms with E-state index in [1.165, 1.54) is 0 Å². The largest absolute Gasteiger partial charge is 0.497 e. The Kier molecular flexibility index (Phi) is 5.07. The van der Waals surface area contributed by atoms with Crippen LogP contribution in [-0.2, 0) is 9.59 Å². The Morgan fingerprint density at radius 3 is 2.56 bits per heavy atom. The highest BCUT2D eigenvalue weighted by Crippen LogP contribution is 2.40. The lowest BCUT2D eigenvalue weighted by molar-refractivity contribution is -0.136. The first-order valence-electron chi connectivity index (χ1n) is 9.09. The molecule has 2 aromatic carbocycles. The van der Waals surface area contributed by atoms with Gasteiger partial charge >= 0.3 is 0 Å². The number of benzene rings is 2. The highest BCUT2D eigenvalue weighted by atomic mass is 32.2. The Morgan fingerprint density at radius 1 is 1.11 bits per heavy atom. The van der Waals surface area contributed by atoms with Crippen LogP contribution in [0.25, 0.3) is 0 Å². The standard InChI is InChI=1S/C21H22N2O3S/c1-26-18-9-7-15(8-10-18)21-22(11-12-27-21)20(25)16-13-19(24)23(14-16)17-5-3-2-4-6-17/h2-10,16,21H,11-14H2,1H3. The molecule has 2 heterocycles. The summed E-state index contributed by atoms with van der Waals surface area (Å²) in [6.07, 6.45) is 0.282. The topological polar surface area (TPSA) is 49.9 Å². The molecule has 140 valence electrons. The zero-order chi connectivity index (χ0) is 18.8. The molecule has 2 fully saturated rings. The number of amides is 2. The van der Waals surface area contributed by atoms with E-state index < -0.39 is 0 Å². The Balaban J connectivity index is 1.49. The first-order chi connectivity index (χ1) is 13.2. The molecule has 0 saturated carbocycles. The summed E-state index contributed by atoms with van der Waals surface area (Å²) in [5.41, 5.74) is 1.95. The SMILES string of the molecule is COc1ccc(C2SCCN2C(=O)C2CC(=O)N(c3ccccc3)C2)cc1. The molecule has 0 spiro atoms. The van der Waals surface area contributed by atoms with E-state index in [0.29, 0.717) is 6.54 Å². The summed E-state index contributed by atoms with van der Waals surface area (Å²) in [5.74, 6) is 1.53. The zero-order valence-electron chi connectivity index (χ0n) is 15.2. The summed E-state index contributed by atoms with van der Waals surface area (Å²) in [6.45, 7) is 1.18. The molecular formula is C21H22N2O3S. The van der Waals surface area contributed by atoms with Gasteiger partial charge in [0.25, 0.3) is 0 Å². The average Bonchev–Trinajstić information content (AvgIpc) is 3.35. The number of nitrogens with zero attached hydrogens (tertiary/aromatic N) is 2. The van der Waals surface area contributed by atoms with Gasteiger partial charge in [0.05, 0.1) is 13.0 Å². The molecule has 27 heavy (non-hydrogen) atoms. The lowest BCUT2D eigenvalue weighted by Crippen LogP contribution is -2.37. The highest BCUT2D eigenvalue weighted by molar-refractivity contribution is 7.99. The molecule has 2 aliphatic heterocycles. The summed E-state index contributed by atoms with van der Waals surface area (Å²) in [6, 6.07) is 17.4. The number of hydrogen-bond donors (Lipinski definition) is 0. The average molecular weight is 382 g/mol. The van der Waals surface area contributed by atoms with Gasteiger partial charge in [-0.2, -0.15) is 0 Å². The fourth-order valence-corrected chi connectivity index (χ4v) is 4.97. The van der Waals surface area contributed by atoms with Crippen LogP contribution < -0.4 is 9.64 Å². The maximum atomic E-state index is 13.2. The molecule has 2 amide bonds. The van der Waals surface area contributed by atoms with E-state index in [9.17, 15) is 9.59 Å². The number of hydrogen-bond acceptors (Lipinski definition) is 4. The van der Waals surface area contributed by atoms with Crippen LogP contribution in [0.2, 0.25) is 0 Å². The number of thioether (sulfide) groups is 1. The predicted octanol–water partition coefficient (Wildman–Crippen LogP) is 3.32. The van der Waals surface area contributed by atoms with Crippen molar-refractivity contribution in [2.24, 2.45) is 5.92 Å². The van der Waals surface area contributed by atoms with Crippen LogP contribution in [-0.4, -0.2) is 42.7 Å². The van der Waals surface area contributed by atoms with Crippen molar-refractivity contribution in [2.45, 2.75) is 11.8 Å². The van der Waals surface area contributed by atoms with Crippen LogP contribution in [0.4, 0.5) is 5.69 Å². The molecule has 0 N–H and O–H groups in total. The fraction of sp³-hybridized carbons (Fsp3) is 0.333. The summed E-state index contributed by atoms with van der Waals surface area (Å²) in [5, 5.41) is 0.00397. The minimum absolute atomic E-state index is 0.00397. The van der Waals surface area contributed by atoms with Gasteiger partial charge in [0.1, 0.15) is 11.1 Å². The van der Waals surface area contributed by atoms with Crippen LogP contribution in [0, 0.1) is 5.92 Å². The van der Waals surface area contributed by atoms with Crippen molar-refractivity contribution in [3.8, 4) is 5.75 Å². The second-order valence-electron chi connectivity index (χ2n) is 6.77. The molecule has 2 saturated heterocycles. The van der Waals surface area contributed by atoms with Crippen molar-refractivity contribution in [1.82, 2.24) is 4.90 Å². The molecule has 0 bridgehead atoms. The van der Waals surface area contributed by atoms with Gasteiger partial charge in [-0.1, -0.05) is 30.3 Å². The third-order valence-electron chi connectivity index (χ3n) is 5.12. The molecule has 0 aromatic heterocycles. The molecule has 2 aromatic rings. The van der Waals surface area contributed by atoms with E-state index >= 15 is 0 Å². The van der Waals surface area contributed by atoms with Gasteiger partial charge in [0.2, 0.25) is 11.8 Å². The third kappa shape index (κ3) is 3.54. The van der Waals surface area contributed by atoms with Gasteiger partial charge in [-0.05, 0) is 29.8 Å². The number of carbonyl (C=O) groups is 2. The molecule has 2 atom stereocenters. The van der Waals surface area contributed by atoms with Crippen molar-refractivity contribution in [3.63, 3.8) is 0 Å². The lowest BCUT2D eigenvalue weighted by atomic mass is 10.1. The minimum atomic E-state index is -0.280. The Bertz CT molecular complexity index is 825. The second kappa shape index (κ2) is 7.64. The maximum Gasteiger partial charge on any atom is 0.229 e. The number of rotatable bonds is 4. The number of para-hydroxylation sites is 1. The number of ether oxygens (including phenoxy) is 1. The normalized spacial score (nSPS) is 22.3. The van der Waals surface area contributed by atoms with Gasteiger partial charge < -0.3 is 14.5 Å². The first kappa shape index (κ1) is 17.9. The van der Waals surface area contributed by atoms with E-state index in [0.717, 1.165) is 29.3 Å². The van der Waals surface area contributed by atoms with Crippen molar-refractivity contribution in [2.75, 3.05) is 30.9 Å². The van der Waals surface area contributed by atoms with Gasteiger partial charge in [0.15, 0.2) is 0 Å². The van der Waals surface area contributed by atoms with Gasteiger partial charge in [0, 0.05) is 31.0 Å². The van der Waals surface area contributed by atoms with Crippen molar-refractivity contribution in [1.29, 1.82) is 0 Å². The molecule has 4 rings (SSSR count). The summed E-state index contributed by atoms with van der Waals surface area (Å²) in [7, 11) is 1.64. The highest BCUT2D eigenvalue weighted by Gasteiger charge is 2.40. The molecule has 0 aliphatic carbocycles. The van der Waals surface area contributed by atoms with Crippen LogP contribution in [0.1, 0.15) is 17.4 Å². The third-order valence-corrected chi connectivity index (χ3v) is 6.38. The van der Waals surface area contributed by atoms with Gasteiger partial charge in [-0.25, -0.2) is 0 Å². The predicted molar refractivity (Wildman–Crippen MR) is 107 cm³/mol. The molecule has 2 unspecified atom stereocenters. The number of carbonyl (C=O) groups excluding carboxylic acids is 2. The molecule has 5 nitrogen and oxygen atoms in total. The molecular weight excluding hydrogens is 360 g/mol. The van der Waals surface area contributed by atoms with Gasteiger partial charge in [-0.3, -0.25) is 9.59 Å². The summed E-state index contributed by atoms with van der Waals surface area (Å²) in [4.78, 5) is 29.3. The van der Waals surface area contributed by atoms with E-state index in [-0.39, 0.29) is 29.5 Å². The minimum Gasteiger partial charge on any atom is -0.497 e. The van der Waals surface area contributed by atoms with Gasteiger partial charge in [-0.15, -0.1) is 11.8 Å². The molecule has 0 radical (unpaired) electrons. The fourth-order valence-electron chi connectivity index (χ4n) is 3.71. The maximum absolute atomic E-state index is 13.2. The lowest BCUT2D eigenvalue weighted by Gasteiger charge is -2.27. The van der Waals surface area contributed by atoms with Crippen LogP contribution in [0.5, 0.6) is 5.75 Å². The Labute approximate surface area is 163 Å². The van der Waals surface area contributed by atoms with E-state index in [1.54, 1.807) is 23.8 Å². The van der Waals surface area contributed by atoms with E-state index in [1.807, 2.05) is 59.5 Å². The zero-order valence-corrected chi connectivity index (χ0v) is 16.0. The van der Waals surface area contributed by atoms with Crippen LogP contribution >= 0.6 is 11.8 Å².